The molecular formula is C22H22N4O4. The summed E-state index contributed by atoms with van der Waals surface area (Å²) in [7, 11) is 0. The van der Waals surface area contributed by atoms with Gasteiger partial charge in [-0.2, -0.15) is 0 Å². The Balaban J connectivity index is 1.38. The van der Waals surface area contributed by atoms with Crippen molar-refractivity contribution >= 4 is 34.0 Å². The lowest BCUT2D eigenvalue weighted by atomic mass is 10.1. The smallest absolute Gasteiger partial charge is 0.269 e. The highest BCUT2D eigenvalue weighted by Gasteiger charge is 2.21. The number of carbonyl (C=O) groups is 2. The maximum Gasteiger partial charge on any atom is 0.269 e. The van der Waals surface area contributed by atoms with Crippen LogP contribution in [0.2, 0.25) is 0 Å². The summed E-state index contributed by atoms with van der Waals surface area (Å²) in [6.07, 6.45) is 1.72. The zero-order chi connectivity index (χ0) is 21.3. The second-order valence-corrected chi connectivity index (χ2v) is 7.44. The van der Waals surface area contributed by atoms with Crippen molar-refractivity contribution in [2.75, 3.05) is 37.6 Å². The SMILES string of the molecule is CC(=O)n1ccc2ccc(C(=O)CN3CCN(c4ccc([N+](=O)[O-])cc4)CC3)cc21. The van der Waals surface area contributed by atoms with Crippen LogP contribution in [0, 0.1) is 10.1 Å². The largest absolute Gasteiger partial charge is 0.369 e. The van der Waals surface area contributed by atoms with E-state index in [-0.39, 0.29) is 17.4 Å². The van der Waals surface area contributed by atoms with Gasteiger partial charge in [-0.1, -0.05) is 12.1 Å². The molecule has 1 saturated heterocycles. The van der Waals surface area contributed by atoms with Crippen LogP contribution in [0.4, 0.5) is 11.4 Å². The van der Waals surface area contributed by atoms with Gasteiger partial charge in [0.1, 0.15) is 0 Å². The highest BCUT2D eigenvalue weighted by atomic mass is 16.6. The number of anilines is 1. The van der Waals surface area contributed by atoms with Crippen LogP contribution in [0.1, 0.15) is 22.1 Å². The lowest BCUT2D eigenvalue weighted by molar-refractivity contribution is -0.384. The fourth-order valence-electron chi connectivity index (χ4n) is 3.82. The van der Waals surface area contributed by atoms with Crippen molar-refractivity contribution in [3.8, 4) is 0 Å². The van der Waals surface area contributed by atoms with Crippen molar-refractivity contribution in [3.63, 3.8) is 0 Å². The van der Waals surface area contributed by atoms with Crippen LogP contribution in [0.15, 0.2) is 54.7 Å². The third-order valence-corrected chi connectivity index (χ3v) is 5.52. The normalized spacial score (nSPS) is 14.8. The van der Waals surface area contributed by atoms with Crippen molar-refractivity contribution in [1.82, 2.24) is 9.47 Å². The Morgan fingerprint density at radius 1 is 1.00 bits per heavy atom. The minimum absolute atomic E-state index is 0.0250. The maximum atomic E-state index is 12.8. The monoisotopic (exact) mass is 406 g/mol. The number of non-ortho nitro benzene ring substituents is 1. The molecule has 0 unspecified atom stereocenters. The second kappa shape index (κ2) is 8.08. The Hall–Kier alpha value is -3.52. The molecule has 0 spiro atoms. The molecule has 1 fully saturated rings. The van der Waals surface area contributed by atoms with Gasteiger partial charge in [0, 0.05) is 68.1 Å². The van der Waals surface area contributed by atoms with Crippen molar-refractivity contribution in [1.29, 1.82) is 0 Å². The first-order valence-electron chi connectivity index (χ1n) is 9.79. The molecule has 154 valence electrons. The van der Waals surface area contributed by atoms with Crippen LogP contribution in [-0.4, -0.2) is 58.8 Å². The zero-order valence-electron chi connectivity index (χ0n) is 16.7. The van der Waals surface area contributed by atoms with Gasteiger partial charge in [-0.3, -0.25) is 29.2 Å². The highest BCUT2D eigenvalue weighted by molar-refractivity contribution is 6.02. The summed E-state index contributed by atoms with van der Waals surface area (Å²) in [5.41, 5.74) is 2.37. The third-order valence-electron chi connectivity index (χ3n) is 5.52. The number of nitrogens with zero attached hydrogens (tertiary/aromatic N) is 4. The number of benzene rings is 2. The van der Waals surface area contributed by atoms with Gasteiger partial charge in [-0.25, -0.2) is 0 Å². The number of ketones is 1. The lowest BCUT2D eigenvalue weighted by Crippen LogP contribution is -2.48. The van der Waals surface area contributed by atoms with Crippen LogP contribution in [0.25, 0.3) is 10.9 Å². The number of nitro groups is 1. The second-order valence-electron chi connectivity index (χ2n) is 7.44. The summed E-state index contributed by atoms with van der Waals surface area (Å²) in [6.45, 7) is 4.77. The summed E-state index contributed by atoms with van der Waals surface area (Å²) >= 11 is 0. The van der Waals surface area contributed by atoms with Crippen LogP contribution in [0.3, 0.4) is 0 Å². The Kier molecular flexibility index (Phi) is 5.33. The molecule has 0 radical (unpaired) electrons. The molecule has 0 aliphatic carbocycles. The molecule has 0 amide bonds. The lowest BCUT2D eigenvalue weighted by Gasteiger charge is -2.35. The van der Waals surface area contributed by atoms with E-state index in [1.165, 1.54) is 19.1 Å². The first-order chi connectivity index (χ1) is 14.4. The summed E-state index contributed by atoms with van der Waals surface area (Å²) in [5.74, 6) is -0.0612. The van der Waals surface area contributed by atoms with Gasteiger partial charge in [-0.15, -0.1) is 0 Å². The standard InChI is InChI=1S/C22H22N4O4/c1-16(27)25-9-8-17-2-3-18(14-21(17)25)22(28)15-23-10-12-24(13-11-23)19-4-6-20(7-5-19)26(29)30/h2-9,14H,10-13,15H2,1H3. The van der Waals surface area contributed by atoms with Crippen molar-refractivity contribution in [3.05, 3.63) is 70.4 Å². The molecule has 0 atom stereocenters. The zero-order valence-corrected chi connectivity index (χ0v) is 16.7. The predicted molar refractivity (Wildman–Crippen MR) is 114 cm³/mol. The molecular weight excluding hydrogens is 384 g/mol. The molecule has 30 heavy (non-hydrogen) atoms. The molecule has 8 heteroatoms. The summed E-state index contributed by atoms with van der Waals surface area (Å²) in [5, 5.41) is 11.7. The van der Waals surface area contributed by atoms with E-state index in [1.807, 2.05) is 18.2 Å². The van der Waals surface area contributed by atoms with Gasteiger partial charge < -0.3 is 4.90 Å². The van der Waals surface area contributed by atoms with E-state index in [1.54, 1.807) is 29.0 Å². The Morgan fingerprint density at radius 2 is 1.70 bits per heavy atom. The predicted octanol–water partition coefficient (Wildman–Crippen LogP) is 3.21. The third kappa shape index (κ3) is 3.95. The van der Waals surface area contributed by atoms with Gasteiger partial charge in [0.05, 0.1) is 17.0 Å². The molecule has 8 nitrogen and oxygen atoms in total. The van der Waals surface area contributed by atoms with Crippen LogP contribution < -0.4 is 4.90 Å². The van der Waals surface area contributed by atoms with E-state index in [4.69, 9.17) is 0 Å². The number of hydrogen-bond donors (Lipinski definition) is 0. The molecule has 2 aromatic carbocycles. The molecule has 1 aliphatic heterocycles. The number of carbonyl (C=O) groups excluding carboxylic acids is 2. The van der Waals surface area contributed by atoms with E-state index in [2.05, 4.69) is 9.80 Å². The average molecular weight is 406 g/mol. The van der Waals surface area contributed by atoms with Crippen molar-refractivity contribution in [2.45, 2.75) is 6.92 Å². The van der Waals surface area contributed by atoms with Crippen LogP contribution in [0.5, 0.6) is 0 Å². The minimum atomic E-state index is -0.405. The van der Waals surface area contributed by atoms with Crippen molar-refractivity contribution < 1.29 is 14.5 Å². The fraction of sp³-hybridized carbons (Fsp3) is 0.273. The highest BCUT2D eigenvalue weighted by Crippen LogP contribution is 2.21. The average Bonchev–Trinajstić information content (AvgIpc) is 3.18. The Morgan fingerprint density at radius 3 is 2.33 bits per heavy atom. The van der Waals surface area contributed by atoms with E-state index in [9.17, 15) is 19.7 Å². The molecule has 1 aliphatic rings. The number of rotatable bonds is 5. The number of aromatic nitrogens is 1. The molecule has 0 saturated carbocycles. The minimum Gasteiger partial charge on any atom is -0.369 e. The fourth-order valence-corrected chi connectivity index (χ4v) is 3.82. The number of Topliss-reactive ketones (excluding diaryl/α,β-unsaturated/α-hetero) is 1. The first kappa shape index (κ1) is 19.8. The number of piperazine rings is 1. The first-order valence-corrected chi connectivity index (χ1v) is 9.79. The number of hydrogen-bond acceptors (Lipinski definition) is 6. The van der Waals surface area contributed by atoms with E-state index in [0.717, 1.165) is 42.8 Å². The number of nitro benzene ring substituents is 1. The van der Waals surface area contributed by atoms with Gasteiger partial charge >= 0.3 is 0 Å². The van der Waals surface area contributed by atoms with E-state index >= 15 is 0 Å². The molecule has 1 aromatic heterocycles. The van der Waals surface area contributed by atoms with Gasteiger partial charge in [0.15, 0.2) is 5.78 Å². The van der Waals surface area contributed by atoms with Crippen molar-refractivity contribution in [2.24, 2.45) is 0 Å². The quantitative estimate of drug-likeness (QED) is 0.367. The number of fused-ring (bicyclic) bond motifs is 1. The Bertz CT molecular complexity index is 1110. The van der Waals surface area contributed by atoms with Crippen LogP contribution >= 0.6 is 0 Å². The molecule has 0 N–H and O–H groups in total. The van der Waals surface area contributed by atoms with Gasteiger partial charge in [0.2, 0.25) is 5.91 Å². The van der Waals surface area contributed by atoms with Gasteiger partial charge in [0.25, 0.3) is 5.69 Å². The summed E-state index contributed by atoms with van der Waals surface area (Å²) < 4.78 is 1.55. The van der Waals surface area contributed by atoms with E-state index < -0.39 is 4.92 Å². The molecule has 2 heterocycles. The van der Waals surface area contributed by atoms with E-state index in [0.29, 0.717) is 12.1 Å². The summed E-state index contributed by atoms with van der Waals surface area (Å²) in [6, 6.07) is 13.9. The maximum absolute atomic E-state index is 12.8. The molecule has 0 bridgehead atoms. The topological polar surface area (TPSA) is 88.7 Å². The van der Waals surface area contributed by atoms with Crippen LogP contribution in [-0.2, 0) is 0 Å². The van der Waals surface area contributed by atoms with Gasteiger partial charge in [-0.05, 0) is 24.3 Å². The molecule has 4 rings (SSSR count). The summed E-state index contributed by atoms with van der Waals surface area (Å²) in [4.78, 5) is 39.2. The Labute approximate surface area is 173 Å². The molecule has 3 aromatic rings.